The molecule has 106 valence electrons. The van der Waals surface area contributed by atoms with E-state index in [-0.39, 0.29) is 0 Å². The van der Waals surface area contributed by atoms with E-state index in [2.05, 4.69) is 18.2 Å². The van der Waals surface area contributed by atoms with Crippen molar-refractivity contribution in [2.75, 3.05) is 13.2 Å². The van der Waals surface area contributed by atoms with Crippen molar-refractivity contribution in [2.24, 2.45) is 5.92 Å². The van der Waals surface area contributed by atoms with E-state index in [9.17, 15) is 5.11 Å². The zero-order chi connectivity index (χ0) is 13.8. The summed E-state index contributed by atoms with van der Waals surface area (Å²) in [4.78, 5) is 0. The van der Waals surface area contributed by atoms with E-state index in [1.54, 1.807) is 0 Å². The highest BCUT2D eigenvalue weighted by Gasteiger charge is 2.16. The van der Waals surface area contributed by atoms with Gasteiger partial charge in [0.1, 0.15) is 6.10 Å². The third kappa shape index (κ3) is 3.02. The third-order valence-corrected chi connectivity index (χ3v) is 4.29. The van der Waals surface area contributed by atoms with E-state index in [0.29, 0.717) is 12.5 Å². The molecule has 0 saturated heterocycles. The number of rotatable bonds is 5. The lowest BCUT2D eigenvalue weighted by Crippen LogP contribution is -2.12. The smallest absolute Gasteiger partial charge is 0.103 e. The highest BCUT2D eigenvalue weighted by molar-refractivity contribution is 5.85. The normalized spacial score (nSPS) is 17.6. The Morgan fingerprint density at radius 3 is 2.65 bits per heavy atom. The van der Waals surface area contributed by atoms with E-state index in [4.69, 9.17) is 4.74 Å². The van der Waals surface area contributed by atoms with Crippen LogP contribution in [0.25, 0.3) is 10.8 Å². The average molecular weight is 270 g/mol. The summed E-state index contributed by atoms with van der Waals surface area (Å²) in [5.74, 6) is 0.703. The molecule has 1 saturated carbocycles. The summed E-state index contributed by atoms with van der Waals surface area (Å²) in [6.07, 6.45) is 4.69. The Morgan fingerprint density at radius 2 is 1.80 bits per heavy atom. The van der Waals surface area contributed by atoms with Crippen LogP contribution in [0.4, 0.5) is 0 Å². The van der Waals surface area contributed by atoms with Crippen LogP contribution in [0.2, 0.25) is 0 Å². The molecule has 0 aromatic heterocycles. The first-order valence-corrected chi connectivity index (χ1v) is 7.58. The molecule has 20 heavy (non-hydrogen) atoms. The molecule has 2 aromatic carbocycles. The van der Waals surface area contributed by atoms with Gasteiger partial charge in [-0.05, 0) is 35.1 Å². The van der Waals surface area contributed by atoms with Crippen molar-refractivity contribution in [1.82, 2.24) is 0 Å². The summed E-state index contributed by atoms with van der Waals surface area (Å²) < 4.78 is 5.73. The van der Waals surface area contributed by atoms with Crippen LogP contribution in [0.1, 0.15) is 37.4 Å². The predicted molar refractivity (Wildman–Crippen MR) is 81.7 cm³/mol. The Labute approximate surface area is 120 Å². The van der Waals surface area contributed by atoms with E-state index in [0.717, 1.165) is 17.6 Å². The van der Waals surface area contributed by atoms with Crippen LogP contribution in [0.5, 0.6) is 0 Å². The molecule has 2 nitrogen and oxygen atoms in total. The summed E-state index contributed by atoms with van der Waals surface area (Å²) in [5, 5.41) is 12.7. The number of hydrogen-bond donors (Lipinski definition) is 1. The Balaban J connectivity index is 1.64. The van der Waals surface area contributed by atoms with Crippen LogP contribution < -0.4 is 0 Å². The first kappa shape index (κ1) is 13.6. The lowest BCUT2D eigenvalue weighted by Gasteiger charge is -2.16. The third-order valence-electron chi connectivity index (χ3n) is 4.29. The summed E-state index contributed by atoms with van der Waals surface area (Å²) in [7, 11) is 0. The number of hydrogen-bond acceptors (Lipinski definition) is 2. The van der Waals surface area contributed by atoms with Gasteiger partial charge in [-0.1, -0.05) is 55.3 Å². The highest BCUT2D eigenvalue weighted by atomic mass is 16.5. The van der Waals surface area contributed by atoms with E-state index >= 15 is 0 Å². The van der Waals surface area contributed by atoms with Gasteiger partial charge in [0.15, 0.2) is 0 Å². The summed E-state index contributed by atoms with van der Waals surface area (Å²) in [5.41, 5.74) is 0.967. The molecular weight excluding hydrogens is 248 g/mol. The van der Waals surface area contributed by atoms with Crippen LogP contribution in [0.15, 0.2) is 42.5 Å². The molecule has 1 unspecified atom stereocenters. The van der Waals surface area contributed by atoms with Gasteiger partial charge in [-0.15, -0.1) is 0 Å². The molecule has 0 heterocycles. The van der Waals surface area contributed by atoms with Crippen molar-refractivity contribution >= 4 is 10.8 Å². The lowest BCUT2D eigenvalue weighted by atomic mass is 10.0. The van der Waals surface area contributed by atoms with Crippen molar-refractivity contribution in [1.29, 1.82) is 0 Å². The topological polar surface area (TPSA) is 29.5 Å². The van der Waals surface area contributed by atoms with Gasteiger partial charge in [-0.2, -0.15) is 0 Å². The second-order valence-electron chi connectivity index (χ2n) is 5.77. The molecule has 0 aliphatic heterocycles. The molecule has 0 amide bonds. The zero-order valence-electron chi connectivity index (χ0n) is 11.8. The summed E-state index contributed by atoms with van der Waals surface area (Å²) in [6, 6.07) is 14.2. The second kappa shape index (κ2) is 6.38. The maximum absolute atomic E-state index is 10.4. The Morgan fingerprint density at radius 1 is 1.05 bits per heavy atom. The van der Waals surface area contributed by atoms with Crippen molar-refractivity contribution in [3.05, 3.63) is 48.0 Å². The van der Waals surface area contributed by atoms with Crippen molar-refractivity contribution in [3.63, 3.8) is 0 Å². The highest BCUT2D eigenvalue weighted by Crippen LogP contribution is 2.27. The van der Waals surface area contributed by atoms with Gasteiger partial charge in [0.25, 0.3) is 0 Å². The van der Waals surface area contributed by atoms with Gasteiger partial charge >= 0.3 is 0 Å². The van der Waals surface area contributed by atoms with Gasteiger partial charge in [0.05, 0.1) is 6.61 Å². The molecule has 0 bridgehead atoms. The van der Waals surface area contributed by atoms with E-state index in [1.165, 1.54) is 31.1 Å². The fourth-order valence-electron chi connectivity index (χ4n) is 3.15. The predicted octanol–water partition coefficient (Wildman–Crippen LogP) is 4.08. The Hall–Kier alpha value is -1.38. The minimum Gasteiger partial charge on any atom is -0.386 e. The van der Waals surface area contributed by atoms with Crippen molar-refractivity contribution in [2.45, 2.75) is 31.8 Å². The zero-order valence-corrected chi connectivity index (χ0v) is 11.8. The van der Waals surface area contributed by atoms with Crippen LogP contribution in [0.3, 0.4) is 0 Å². The largest absolute Gasteiger partial charge is 0.386 e. The molecule has 2 heteroatoms. The number of fused-ring (bicyclic) bond motifs is 1. The molecule has 3 rings (SSSR count). The number of aliphatic hydroxyl groups is 1. The van der Waals surface area contributed by atoms with E-state index in [1.807, 2.05) is 24.3 Å². The fourth-order valence-corrected chi connectivity index (χ4v) is 3.15. The number of ether oxygens (including phenoxy) is 1. The first-order chi connectivity index (χ1) is 9.84. The van der Waals surface area contributed by atoms with Crippen molar-refractivity contribution in [3.8, 4) is 0 Å². The van der Waals surface area contributed by atoms with Crippen LogP contribution in [-0.2, 0) is 4.74 Å². The maximum Gasteiger partial charge on any atom is 0.103 e. The lowest BCUT2D eigenvalue weighted by molar-refractivity contribution is 0.0218. The fraction of sp³-hybridized carbons (Fsp3) is 0.444. The van der Waals surface area contributed by atoms with Crippen LogP contribution >= 0.6 is 0 Å². The SMILES string of the molecule is OC(COCC1CCCC1)c1cccc2ccccc12. The molecule has 1 atom stereocenters. The second-order valence-corrected chi connectivity index (χ2v) is 5.77. The molecule has 1 aliphatic rings. The number of benzene rings is 2. The number of aliphatic hydroxyl groups excluding tert-OH is 1. The van der Waals surface area contributed by atoms with Gasteiger partial charge in [-0.3, -0.25) is 0 Å². The van der Waals surface area contributed by atoms with Crippen LogP contribution in [-0.4, -0.2) is 18.3 Å². The average Bonchev–Trinajstić information content (AvgIpc) is 3.00. The monoisotopic (exact) mass is 270 g/mol. The molecule has 0 radical (unpaired) electrons. The molecule has 1 aliphatic carbocycles. The Bertz CT molecular complexity index is 553. The molecule has 0 spiro atoms. The minimum atomic E-state index is -0.539. The van der Waals surface area contributed by atoms with Crippen molar-refractivity contribution < 1.29 is 9.84 Å². The summed E-state index contributed by atoms with van der Waals surface area (Å²) in [6.45, 7) is 1.19. The first-order valence-electron chi connectivity index (χ1n) is 7.58. The molecule has 1 N–H and O–H groups in total. The van der Waals surface area contributed by atoms with Gasteiger partial charge in [-0.25, -0.2) is 0 Å². The van der Waals surface area contributed by atoms with Gasteiger partial charge < -0.3 is 9.84 Å². The molecule has 2 aromatic rings. The molecule has 1 fully saturated rings. The maximum atomic E-state index is 10.4. The minimum absolute atomic E-state index is 0.393. The van der Waals surface area contributed by atoms with Crippen LogP contribution in [0, 0.1) is 5.92 Å². The van der Waals surface area contributed by atoms with Gasteiger partial charge in [0.2, 0.25) is 0 Å². The Kier molecular flexibility index (Phi) is 4.34. The summed E-state index contributed by atoms with van der Waals surface area (Å²) >= 11 is 0. The molecular formula is C18H22O2. The van der Waals surface area contributed by atoms with Gasteiger partial charge in [0, 0.05) is 6.61 Å². The standard InChI is InChI=1S/C18H22O2/c19-18(13-20-12-14-6-1-2-7-14)17-11-5-9-15-8-3-4-10-16(15)17/h3-5,8-11,14,18-19H,1-2,6-7,12-13H2. The quantitative estimate of drug-likeness (QED) is 0.887. The van der Waals surface area contributed by atoms with E-state index < -0.39 is 6.10 Å².